The van der Waals surface area contributed by atoms with Gasteiger partial charge < -0.3 is 4.74 Å². The molecule has 0 aliphatic rings. The van der Waals surface area contributed by atoms with Gasteiger partial charge in [-0.15, -0.1) is 0 Å². The zero-order chi connectivity index (χ0) is 15.0. The summed E-state index contributed by atoms with van der Waals surface area (Å²) in [6.45, 7) is 1.89. The van der Waals surface area contributed by atoms with Gasteiger partial charge in [0, 0.05) is 10.5 Å². The lowest BCUT2D eigenvalue weighted by Gasteiger charge is -2.08. The Morgan fingerprint density at radius 1 is 1.19 bits per heavy atom. The number of non-ortho nitro benzene ring substituents is 1. The Morgan fingerprint density at radius 3 is 2.62 bits per heavy atom. The molecule has 0 amide bonds. The molecule has 7 nitrogen and oxygen atoms in total. The van der Waals surface area contributed by atoms with Gasteiger partial charge in [0.2, 0.25) is 5.52 Å². The highest BCUT2D eigenvalue weighted by atomic mass is 79.9. The van der Waals surface area contributed by atoms with E-state index < -0.39 is 4.92 Å². The summed E-state index contributed by atoms with van der Waals surface area (Å²) in [7, 11) is 0. The highest BCUT2D eigenvalue weighted by Crippen LogP contribution is 2.34. The van der Waals surface area contributed by atoms with Crippen LogP contribution in [-0.2, 0) is 0 Å². The van der Waals surface area contributed by atoms with Crippen molar-refractivity contribution < 1.29 is 14.3 Å². The number of aryl methyl sites for hydroxylation is 1. The van der Waals surface area contributed by atoms with Gasteiger partial charge in [0.15, 0.2) is 11.3 Å². The first-order valence-electron chi connectivity index (χ1n) is 5.90. The minimum atomic E-state index is -0.540. The molecule has 0 unspecified atom stereocenters. The lowest BCUT2D eigenvalue weighted by Crippen LogP contribution is -1.93. The van der Waals surface area contributed by atoms with Crippen LogP contribution in [0.25, 0.3) is 11.0 Å². The molecule has 0 spiro atoms. The van der Waals surface area contributed by atoms with Crippen molar-refractivity contribution in [2.45, 2.75) is 6.92 Å². The Hall–Kier alpha value is -2.48. The average Bonchev–Trinajstić information content (AvgIpc) is 2.91. The predicted molar refractivity (Wildman–Crippen MR) is 77.4 cm³/mol. The number of rotatable bonds is 3. The summed E-state index contributed by atoms with van der Waals surface area (Å²) in [5, 5.41) is 18.2. The van der Waals surface area contributed by atoms with Gasteiger partial charge >= 0.3 is 5.69 Å². The molecule has 3 aromatic rings. The fourth-order valence-electron chi connectivity index (χ4n) is 1.91. The maximum Gasteiger partial charge on any atom is 0.301 e. The van der Waals surface area contributed by atoms with Crippen molar-refractivity contribution >= 4 is 32.7 Å². The molecule has 3 rings (SSSR count). The largest absolute Gasteiger partial charge is 0.455 e. The third-order valence-corrected chi connectivity index (χ3v) is 3.40. The first-order chi connectivity index (χ1) is 10.1. The smallest absolute Gasteiger partial charge is 0.301 e. The van der Waals surface area contributed by atoms with Crippen LogP contribution in [0.3, 0.4) is 0 Å². The predicted octanol–water partition coefficient (Wildman–Crippen LogP) is 3.99. The molecule has 21 heavy (non-hydrogen) atoms. The molecule has 1 aromatic heterocycles. The first-order valence-corrected chi connectivity index (χ1v) is 6.69. The van der Waals surface area contributed by atoms with Crippen LogP contribution in [0.5, 0.6) is 11.5 Å². The van der Waals surface area contributed by atoms with E-state index in [1.807, 2.05) is 19.1 Å². The Labute approximate surface area is 126 Å². The van der Waals surface area contributed by atoms with Crippen molar-refractivity contribution in [1.82, 2.24) is 10.3 Å². The summed E-state index contributed by atoms with van der Waals surface area (Å²) < 4.78 is 11.3. The number of nitro groups is 1. The van der Waals surface area contributed by atoms with E-state index in [4.69, 9.17) is 4.74 Å². The van der Waals surface area contributed by atoms with Gasteiger partial charge in [0.05, 0.1) is 4.92 Å². The molecule has 8 heteroatoms. The first kappa shape index (κ1) is 13.5. The minimum Gasteiger partial charge on any atom is -0.455 e. The molecule has 0 aliphatic heterocycles. The molecular formula is C13H8BrN3O4. The highest BCUT2D eigenvalue weighted by molar-refractivity contribution is 9.10. The zero-order valence-corrected chi connectivity index (χ0v) is 12.3. The quantitative estimate of drug-likeness (QED) is 0.524. The van der Waals surface area contributed by atoms with E-state index in [2.05, 4.69) is 30.9 Å². The van der Waals surface area contributed by atoms with Gasteiger partial charge in [-0.2, -0.15) is 0 Å². The van der Waals surface area contributed by atoms with Crippen LogP contribution in [0.1, 0.15) is 5.56 Å². The average molecular weight is 350 g/mol. The van der Waals surface area contributed by atoms with Crippen LogP contribution in [0.15, 0.2) is 39.4 Å². The van der Waals surface area contributed by atoms with Crippen LogP contribution in [0.4, 0.5) is 5.69 Å². The van der Waals surface area contributed by atoms with Crippen LogP contribution in [-0.4, -0.2) is 15.2 Å². The topological polar surface area (TPSA) is 91.3 Å². The Kier molecular flexibility index (Phi) is 3.30. The van der Waals surface area contributed by atoms with Crippen molar-refractivity contribution in [2.75, 3.05) is 0 Å². The third kappa shape index (κ3) is 2.45. The summed E-state index contributed by atoms with van der Waals surface area (Å²) in [4.78, 5) is 10.4. The Balaban J connectivity index is 2.07. The van der Waals surface area contributed by atoms with E-state index in [1.165, 1.54) is 12.1 Å². The molecule has 0 aliphatic carbocycles. The van der Waals surface area contributed by atoms with Crippen LogP contribution in [0, 0.1) is 17.0 Å². The summed E-state index contributed by atoms with van der Waals surface area (Å²) in [6, 6.07) is 8.33. The lowest BCUT2D eigenvalue weighted by molar-refractivity contribution is -0.383. The second-order valence-electron chi connectivity index (χ2n) is 4.31. The highest BCUT2D eigenvalue weighted by Gasteiger charge is 2.20. The Bertz CT molecular complexity index is 847. The lowest BCUT2D eigenvalue weighted by atomic mass is 10.2. The van der Waals surface area contributed by atoms with Crippen molar-refractivity contribution in [1.29, 1.82) is 0 Å². The van der Waals surface area contributed by atoms with Gasteiger partial charge in [0.25, 0.3) is 0 Å². The van der Waals surface area contributed by atoms with Gasteiger partial charge in [-0.05, 0) is 47.1 Å². The SMILES string of the molecule is Cc1cc(Br)ccc1Oc1ccc([N+](=O)[O-])c2nonc12. The molecule has 0 radical (unpaired) electrons. The van der Waals surface area contributed by atoms with Crippen molar-refractivity contribution in [2.24, 2.45) is 0 Å². The van der Waals surface area contributed by atoms with Crippen molar-refractivity contribution in [3.05, 3.63) is 50.5 Å². The number of ether oxygens (including phenoxy) is 1. The van der Waals surface area contributed by atoms with Gasteiger partial charge in [0.1, 0.15) is 5.75 Å². The number of nitro benzene ring substituents is 1. The molecule has 1 heterocycles. The Morgan fingerprint density at radius 2 is 1.90 bits per heavy atom. The van der Waals surface area contributed by atoms with Crippen molar-refractivity contribution in [3.63, 3.8) is 0 Å². The van der Waals surface area contributed by atoms with E-state index in [9.17, 15) is 10.1 Å². The number of nitrogens with zero attached hydrogens (tertiary/aromatic N) is 3. The molecule has 2 aromatic carbocycles. The number of hydrogen-bond donors (Lipinski definition) is 0. The van der Waals surface area contributed by atoms with E-state index in [0.29, 0.717) is 11.5 Å². The molecule has 106 valence electrons. The zero-order valence-electron chi connectivity index (χ0n) is 10.7. The molecule has 0 saturated carbocycles. The van der Waals surface area contributed by atoms with Crippen LogP contribution in [0.2, 0.25) is 0 Å². The summed E-state index contributed by atoms with van der Waals surface area (Å²) in [5.41, 5.74) is 1.01. The van der Waals surface area contributed by atoms with Gasteiger partial charge in [-0.3, -0.25) is 10.1 Å². The monoisotopic (exact) mass is 349 g/mol. The number of halogens is 1. The number of benzene rings is 2. The van der Waals surface area contributed by atoms with E-state index in [0.717, 1.165) is 10.0 Å². The standard InChI is InChI=1S/C13H8BrN3O4/c1-7-6-8(14)2-4-10(7)20-11-5-3-9(17(18)19)12-13(11)16-21-15-12/h2-6H,1H3. The molecule has 0 saturated heterocycles. The van der Waals surface area contributed by atoms with Gasteiger partial charge in [-0.1, -0.05) is 15.9 Å². The molecule has 0 fully saturated rings. The molecular weight excluding hydrogens is 342 g/mol. The summed E-state index contributed by atoms with van der Waals surface area (Å²) in [5.74, 6) is 0.971. The maximum atomic E-state index is 10.9. The second kappa shape index (κ2) is 5.13. The van der Waals surface area contributed by atoms with E-state index >= 15 is 0 Å². The second-order valence-corrected chi connectivity index (χ2v) is 5.23. The minimum absolute atomic E-state index is 0.0623. The number of aromatic nitrogens is 2. The number of hydrogen-bond acceptors (Lipinski definition) is 6. The third-order valence-electron chi connectivity index (χ3n) is 2.91. The fraction of sp³-hybridized carbons (Fsp3) is 0.0769. The van der Waals surface area contributed by atoms with E-state index in [1.54, 1.807) is 6.07 Å². The molecule has 0 atom stereocenters. The summed E-state index contributed by atoms with van der Waals surface area (Å²) >= 11 is 3.37. The number of fused-ring (bicyclic) bond motifs is 1. The molecule has 0 N–H and O–H groups in total. The summed E-state index contributed by atoms with van der Waals surface area (Å²) in [6.07, 6.45) is 0. The van der Waals surface area contributed by atoms with Gasteiger partial charge in [-0.25, -0.2) is 4.63 Å². The fourth-order valence-corrected chi connectivity index (χ4v) is 2.38. The van der Waals surface area contributed by atoms with E-state index in [-0.39, 0.29) is 16.7 Å². The maximum absolute atomic E-state index is 10.9. The van der Waals surface area contributed by atoms with Crippen molar-refractivity contribution in [3.8, 4) is 11.5 Å². The normalized spacial score (nSPS) is 10.8. The van der Waals surface area contributed by atoms with Crippen LogP contribution >= 0.6 is 15.9 Å². The van der Waals surface area contributed by atoms with Crippen LogP contribution < -0.4 is 4.74 Å². The molecule has 0 bridgehead atoms.